The fourth-order valence-electron chi connectivity index (χ4n) is 3.12. The van der Waals surface area contributed by atoms with Crippen LogP contribution in [0.15, 0.2) is 89.1 Å². The van der Waals surface area contributed by atoms with Crippen LogP contribution in [0.2, 0.25) is 0 Å². The summed E-state index contributed by atoms with van der Waals surface area (Å²) >= 11 is 0. The second-order valence-electron chi connectivity index (χ2n) is 7.56. The van der Waals surface area contributed by atoms with Crippen molar-refractivity contribution in [3.63, 3.8) is 0 Å². The Morgan fingerprint density at radius 2 is 1.28 bits per heavy atom. The summed E-state index contributed by atoms with van der Waals surface area (Å²) in [6, 6.07) is 23.5. The maximum absolute atomic E-state index is 12.4. The minimum atomic E-state index is -0.411. The van der Waals surface area contributed by atoms with Gasteiger partial charge in [0.05, 0.1) is 23.5 Å². The van der Waals surface area contributed by atoms with Gasteiger partial charge in [-0.2, -0.15) is 10.2 Å². The van der Waals surface area contributed by atoms with Crippen molar-refractivity contribution in [2.75, 3.05) is 6.61 Å². The zero-order chi connectivity index (χ0) is 22.4. The van der Waals surface area contributed by atoms with Crippen molar-refractivity contribution >= 4 is 17.3 Å². The van der Waals surface area contributed by atoms with Crippen LogP contribution >= 0.6 is 0 Å². The van der Waals surface area contributed by atoms with E-state index in [4.69, 9.17) is 9.47 Å². The van der Waals surface area contributed by atoms with Crippen molar-refractivity contribution in [3.8, 4) is 11.5 Å². The first kappa shape index (κ1) is 23.2. The summed E-state index contributed by atoms with van der Waals surface area (Å²) in [6.07, 6.45) is 7.37. The van der Waals surface area contributed by atoms with Gasteiger partial charge in [0.15, 0.2) is 0 Å². The summed E-state index contributed by atoms with van der Waals surface area (Å²) in [5, 5.41) is 8.36. The summed E-state index contributed by atoms with van der Waals surface area (Å²) < 4.78 is 11.2. The van der Waals surface area contributed by atoms with E-state index in [0.717, 1.165) is 17.9 Å². The predicted molar refractivity (Wildman–Crippen MR) is 127 cm³/mol. The molecule has 0 aliphatic carbocycles. The SMILES string of the molecule is CCCCCCCCOc1ccc(C(=O)Oc2ccc(N=Nc3ccccc3)cc2)cc1. The van der Waals surface area contributed by atoms with Crippen molar-refractivity contribution in [2.45, 2.75) is 45.4 Å². The first-order valence-corrected chi connectivity index (χ1v) is 11.3. The second-order valence-corrected chi connectivity index (χ2v) is 7.56. The van der Waals surface area contributed by atoms with Gasteiger partial charge in [0.1, 0.15) is 11.5 Å². The van der Waals surface area contributed by atoms with Gasteiger partial charge in [0, 0.05) is 0 Å². The highest BCUT2D eigenvalue weighted by atomic mass is 16.5. The third-order valence-electron chi connectivity index (χ3n) is 4.94. The molecule has 0 aliphatic heterocycles. The quantitative estimate of drug-likeness (QED) is 0.126. The zero-order valence-corrected chi connectivity index (χ0v) is 18.6. The molecule has 3 rings (SSSR count). The Bertz CT molecular complexity index is 968. The van der Waals surface area contributed by atoms with Crippen LogP contribution in [0.5, 0.6) is 11.5 Å². The van der Waals surface area contributed by atoms with Gasteiger partial charge in [-0.1, -0.05) is 57.2 Å². The Morgan fingerprint density at radius 1 is 0.688 bits per heavy atom. The molecule has 5 heteroatoms. The highest BCUT2D eigenvalue weighted by molar-refractivity contribution is 5.91. The van der Waals surface area contributed by atoms with Gasteiger partial charge in [0.2, 0.25) is 0 Å². The number of hydrogen-bond donors (Lipinski definition) is 0. The normalized spacial score (nSPS) is 10.9. The molecule has 0 bridgehead atoms. The van der Waals surface area contributed by atoms with Crippen molar-refractivity contribution < 1.29 is 14.3 Å². The van der Waals surface area contributed by atoms with Crippen LogP contribution in [-0.4, -0.2) is 12.6 Å². The number of benzene rings is 3. The van der Waals surface area contributed by atoms with Crippen LogP contribution in [0.1, 0.15) is 55.8 Å². The van der Waals surface area contributed by atoms with Crippen molar-refractivity contribution in [1.82, 2.24) is 0 Å². The zero-order valence-electron chi connectivity index (χ0n) is 18.6. The van der Waals surface area contributed by atoms with Crippen LogP contribution in [0.3, 0.4) is 0 Å². The maximum atomic E-state index is 12.4. The van der Waals surface area contributed by atoms with Gasteiger partial charge in [0.25, 0.3) is 0 Å². The first-order chi connectivity index (χ1) is 15.7. The topological polar surface area (TPSA) is 60.2 Å². The first-order valence-electron chi connectivity index (χ1n) is 11.3. The smallest absolute Gasteiger partial charge is 0.343 e. The van der Waals surface area contributed by atoms with Crippen molar-refractivity contribution in [1.29, 1.82) is 0 Å². The molecule has 0 amide bonds. The van der Waals surface area contributed by atoms with E-state index < -0.39 is 5.97 Å². The number of carbonyl (C=O) groups is 1. The van der Waals surface area contributed by atoms with Crippen LogP contribution in [0.4, 0.5) is 11.4 Å². The van der Waals surface area contributed by atoms with E-state index in [9.17, 15) is 4.79 Å². The molecular formula is C27H30N2O3. The molecule has 0 unspecified atom stereocenters. The van der Waals surface area contributed by atoms with Crippen molar-refractivity contribution in [2.24, 2.45) is 10.2 Å². The Kier molecular flexibility index (Phi) is 9.46. The molecule has 0 spiro atoms. The monoisotopic (exact) mass is 430 g/mol. The summed E-state index contributed by atoms with van der Waals surface area (Å²) in [7, 11) is 0. The lowest BCUT2D eigenvalue weighted by Crippen LogP contribution is -2.08. The van der Waals surface area contributed by atoms with Crippen molar-refractivity contribution in [3.05, 3.63) is 84.4 Å². The lowest BCUT2D eigenvalue weighted by molar-refractivity contribution is 0.0734. The number of esters is 1. The summed E-state index contributed by atoms with van der Waals surface area (Å²) in [5.41, 5.74) is 1.94. The fourth-order valence-corrected chi connectivity index (χ4v) is 3.12. The van der Waals surface area contributed by atoms with Crippen LogP contribution in [-0.2, 0) is 0 Å². The molecule has 0 N–H and O–H groups in total. The lowest BCUT2D eigenvalue weighted by Gasteiger charge is -2.08. The summed E-state index contributed by atoms with van der Waals surface area (Å²) in [5.74, 6) is 0.812. The fraction of sp³-hybridized carbons (Fsp3) is 0.296. The molecule has 5 nitrogen and oxygen atoms in total. The molecule has 0 heterocycles. The molecule has 166 valence electrons. The highest BCUT2D eigenvalue weighted by Gasteiger charge is 2.09. The van der Waals surface area contributed by atoms with E-state index in [1.165, 1.54) is 32.1 Å². The molecule has 0 aliphatic rings. The molecule has 0 atom stereocenters. The summed E-state index contributed by atoms with van der Waals surface area (Å²) in [4.78, 5) is 12.4. The average molecular weight is 431 g/mol. The van der Waals surface area contributed by atoms with Gasteiger partial charge < -0.3 is 9.47 Å². The molecule has 0 radical (unpaired) electrons. The largest absolute Gasteiger partial charge is 0.494 e. The molecule has 0 aromatic heterocycles. The number of unbranched alkanes of at least 4 members (excludes halogenated alkanes) is 5. The van der Waals surface area contributed by atoms with E-state index in [0.29, 0.717) is 23.6 Å². The lowest BCUT2D eigenvalue weighted by atomic mass is 10.1. The average Bonchev–Trinajstić information content (AvgIpc) is 2.84. The molecule has 32 heavy (non-hydrogen) atoms. The Balaban J connectivity index is 1.43. The van der Waals surface area contributed by atoms with E-state index in [2.05, 4.69) is 17.2 Å². The number of ether oxygens (including phenoxy) is 2. The van der Waals surface area contributed by atoms with Crippen LogP contribution in [0.25, 0.3) is 0 Å². The number of hydrogen-bond acceptors (Lipinski definition) is 5. The van der Waals surface area contributed by atoms with Gasteiger partial charge in [-0.15, -0.1) is 0 Å². The van der Waals surface area contributed by atoms with Gasteiger partial charge in [-0.25, -0.2) is 4.79 Å². The van der Waals surface area contributed by atoms with E-state index in [1.807, 2.05) is 30.3 Å². The van der Waals surface area contributed by atoms with Gasteiger partial charge in [-0.05, 0) is 67.1 Å². The minimum Gasteiger partial charge on any atom is -0.494 e. The number of nitrogens with zero attached hydrogens (tertiary/aromatic N) is 2. The minimum absolute atomic E-state index is 0.411. The van der Waals surface area contributed by atoms with Gasteiger partial charge >= 0.3 is 5.97 Å². The highest BCUT2D eigenvalue weighted by Crippen LogP contribution is 2.22. The summed E-state index contributed by atoms with van der Waals surface area (Å²) in [6.45, 7) is 2.92. The molecule has 3 aromatic carbocycles. The van der Waals surface area contributed by atoms with Gasteiger partial charge in [-0.3, -0.25) is 0 Å². The molecule has 0 saturated heterocycles. The predicted octanol–water partition coefficient (Wildman–Crippen LogP) is 8.06. The van der Waals surface area contributed by atoms with E-state index in [1.54, 1.807) is 48.5 Å². The van der Waals surface area contributed by atoms with E-state index in [-0.39, 0.29) is 0 Å². The number of azo groups is 1. The number of rotatable bonds is 12. The third-order valence-corrected chi connectivity index (χ3v) is 4.94. The molecule has 3 aromatic rings. The van der Waals surface area contributed by atoms with Crippen LogP contribution in [0, 0.1) is 0 Å². The maximum Gasteiger partial charge on any atom is 0.343 e. The number of carbonyl (C=O) groups excluding carboxylic acids is 1. The Morgan fingerprint density at radius 3 is 1.97 bits per heavy atom. The third kappa shape index (κ3) is 7.99. The van der Waals surface area contributed by atoms with Crippen LogP contribution < -0.4 is 9.47 Å². The Hall–Kier alpha value is -3.47. The molecule has 0 fully saturated rings. The van der Waals surface area contributed by atoms with E-state index >= 15 is 0 Å². The Labute approximate surface area is 190 Å². The molecular weight excluding hydrogens is 400 g/mol. The molecule has 0 saturated carbocycles. The standard InChI is InChI=1S/C27H30N2O3/c1-2-3-4-5-6-10-21-31-25-17-13-22(14-18-25)27(30)32-26-19-15-24(16-20-26)29-28-23-11-8-7-9-12-23/h7-9,11-20H,2-6,10,21H2,1H3. The second kappa shape index (κ2) is 13.1.